The Balaban J connectivity index is 1.74. The summed E-state index contributed by atoms with van der Waals surface area (Å²) in [5, 5.41) is 3.91. The summed E-state index contributed by atoms with van der Waals surface area (Å²) >= 11 is 5.65. The molecule has 0 spiro atoms. The van der Waals surface area contributed by atoms with Gasteiger partial charge >= 0.3 is 5.97 Å². The molecule has 2 atom stereocenters. The zero-order chi connectivity index (χ0) is 22.7. The smallest absolute Gasteiger partial charge is 0.325 e. The Bertz CT molecular complexity index is 1100. The van der Waals surface area contributed by atoms with Gasteiger partial charge in [0.15, 0.2) is 5.11 Å². The molecule has 7 nitrogen and oxygen atoms in total. The van der Waals surface area contributed by atoms with Crippen LogP contribution >= 0.6 is 12.2 Å². The van der Waals surface area contributed by atoms with Gasteiger partial charge in [0.05, 0.1) is 24.4 Å². The van der Waals surface area contributed by atoms with Gasteiger partial charge in [-0.15, -0.1) is 0 Å². The van der Waals surface area contributed by atoms with E-state index in [4.69, 9.17) is 17.0 Å². The predicted molar refractivity (Wildman–Crippen MR) is 126 cm³/mol. The lowest BCUT2D eigenvalue weighted by Gasteiger charge is -2.27. The van der Waals surface area contributed by atoms with Crippen molar-refractivity contribution in [2.75, 3.05) is 13.2 Å². The van der Waals surface area contributed by atoms with Crippen LogP contribution < -0.4 is 5.32 Å². The summed E-state index contributed by atoms with van der Waals surface area (Å²) in [5.74, 6) is -0.299. The van der Waals surface area contributed by atoms with Gasteiger partial charge in [-0.3, -0.25) is 14.8 Å². The van der Waals surface area contributed by atoms with Gasteiger partial charge in [0.25, 0.3) is 0 Å². The fourth-order valence-corrected chi connectivity index (χ4v) is 4.61. The fraction of sp³-hybridized carbons (Fsp3) is 0.333. The summed E-state index contributed by atoms with van der Waals surface area (Å²) < 4.78 is 7.49. The van der Waals surface area contributed by atoms with Gasteiger partial charge in [-0.2, -0.15) is 0 Å². The van der Waals surface area contributed by atoms with E-state index in [1.807, 2.05) is 35.4 Å². The van der Waals surface area contributed by atoms with Gasteiger partial charge in [-0.1, -0.05) is 12.1 Å². The number of carbonyl (C=O) groups is 1. The van der Waals surface area contributed by atoms with Gasteiger partial charge in [-0.05, 0) is 68.4 Å². The number of nitrogens with zero attached hydrogens (tertiary/aromatic N) is 4. The van der Waals surface area contributed by atoms with Crippen LogP contribution in [0.5, 0.6) is 0 Å². The topological polar surface area (TPSA) is 72.3 Å². The van der Waals surface area contributed by atoms with E-state index < -0.39 is 0 Å². The highest BCUT2D eigenvalue weighted by Crippen LogP contribution is 2.40. The second kappa shape index (κ2) is 9.48. The van der Waals surface area contributed by atoms with Crippen LogP contribution in [0.2, 0.25) is 0 Å². The zero-order valence-electron chi connectivity index (χ0n) is 18.5. The van der Waals surface area contributed by atoms with E-state index in [2.05, 4.69) is 45.8 Å². The molecule has 0 aliphatic carbocycles. The van der Waals surface area contributed by atoms with Crippen LogP contribution in [0.1, 0.15) is 47.2 Å². The minimum atomic E-state index is -0.299. The molecule has 3 aromatic heterocycles. The van der Waals surface area contributed by atoms with Crippen molar-refractivity contribution in [3.8, 4) is 0 Å². The average molecular weight is 450 g/mol. The molecule has 32 heavy (non-hydrogen) atoms. The molecule has 0 amide bonds. The third kappa shape index (κ3) is 4.36. The molecule has 0 aromatic carbocycles. The Hall–Kier alpha value is -3.26. The maximum Gasteiger partial charge on any atom is 0.325 e. The van der Waals surface area contributed by atoms with Crippen molar-refractivity contribution in [2.24, 2.45) is 0 Å². The molecule has 0 bridgehead atoms. The molecule has 1 fully saturated rings. The van der Waals surface area contributed by atoms with Crippen LogP contribution in [-0.4, -0.2) is 43.7 Å². The molecule has 0 unspecified atom stereocenters. The largest absolute Gasteiger partial charge is 0.465 e. The lowest BCUT2D eigenvalue weighted by atomic mass is 9.97. The number of esters is 1. The van der Waals surface area contributed by atoms with Gasteiger partial charge in [0.1, 0.15) is 6.54 Å². The monoisotopic (exact) mass is 449 g/mol. The maximum atomic E-state index is 12.4. The highest BCUT2D eigenvalue weighted by Gasteiger charge is 2.42. The van der Waals surface area contributed by atoms with Crippen molar-refractivity contribution >= 4 is 23.3 Å². The summed E-state index contributed by atoms with van der Waals surface area (Å²) in [6.07, 6.45) is 5.44. The maximum absolute atomic E-state index is 12.4. The number of pyridine rings is 2. The average Bonchev–Trinajstić information content (AvgIpc) is 3.26. The molecule has 1 saturated heterocycles. The molecule has 4 rings (SSSR count). The fourth-order valence-electron chi connectivity index (χ4n) is 4.30. The summed E-state index contributed by atoms with van der Waals surface area (Å²) in [4.78, 5) is 23.1. The number of hydrogen-bond donors (Lipinski definition) is 1. The van der Waals surface area contributed by atoms with Crippen molar-refractivity contribution < 1.29 is 9.53 Å². The van der Waals surface area contributed by atoms with Crippen LogP contribution in [0, 0.1) is 13.8 Å². The zero-order valence-corrected chi connectivity index (χ0v) is 19.3. The van der Waals surface area contributed by atoms with Crippen molar-refractivity contribution in [1.82, 2.24) is 24.8 Å². The normalized spacial score (nSPS) is 18.0. The Labute approximate surface area is 193 Å². The number of thiocarbonyl (C=S) groups is 1. The predicted octanol–water partition coefficient (Wildman–Crippen LogP) is 3.48. The van der Waals surface area contributed by atoms with E-state index in [9.17, 15) is 4.79 Å². The summed E-state index contributed by atoms with van der Waals surface area (Å²) in [6.45, 7) is 7.15. The second-order valence-electron chi connectivity index (χ2n) is 7.83. The molecule has 3 aromatic rings. The van der Waals surface area contributed by atoms with E-state index in [0.717, 1.165) is 34.8 Å². The van der Waals surface area contributed by atoms with E-state index in [1.54, 1.807) is 19.3 Å². The van der Waals surface area contributed by atoms with Gasteiger partial charge in [0, 0.05) is 36.5 Å². The van der Waals surface area contributed by atoms with E-state index in [-0.39, 0.29) is 24.6 Å². The van der Waals surface area contributed by atoms with Gasteiger partial charge in [0.2, 0.25) is 0 Å². The molecule has 0 radical (unpaired) electrons. The van der Waals surface area contributed by atoms with Crippen molar-refractivity contribution in [3.05, 3.63) is 83.2 Å². The first-order valence-electron chi connectivity index (χ1n) is 10.7. The third-order valence-corrected chi connectivity index (χ3v) is 6.15. The highest BCUT2D eigenvalue weighted by molar-refractivity contribution is 7.80. The molecule has 8 heteroatoms. The van der Waals surface area contributed by atoms with Crippen molar-refractivity contribution in [3.63, 3.8) is 0 Å². The first kappa shape index (κ1) is 22.0. The van der Waals surface area contributed by atoms with E-state index in [0.29, 0.717) is 11.7 Å². The Morgan fingerprint density at radius 3 is 2.75 bits per heavy atom. The molecule has 1 N–H and O–H groups in total. The lowest BCUT2D eigenvalue weighted by molar-refractivity contribution is -0.143. The van der Waals surface area contributed by atoms with E-state index in [1.165, 1.54) is 0 Å². The van der Waals surface area contributed by atoms with Crippen LogP contribution in [-0.2, 0) is 16.1 Å². The number of aryl methyl sites for hydroxylation is 1. The summed E-state index contributed by atoms with van der Waals surface area (Å²) in [7, 11) is 0. The molecule has 1 aliphatic rings. The first-order chi connectivity index (χ1) is 15.5. The van der Waals surface area contributed by atoms with Crippen LogP contribution in [0.25, 0.3) is 0 Å². The van der Waals surface area contributed by atoms with E-state index >= 15 is 0 Å². The SMILES string of the molecule is CCOC(=O)CN1C(=S)N[C@H](c2ccccn2)[C@H]1c1cc(C)n(Cc2cccnc2)c1C. The Morgan fingerprint density at radius 2 is 2.06 bits per heavy atom. The second-order valence-corrected chi connectivity index (χ2v) is 8.22. The number of carbonyl (C=O) groups excluding carboxylic acids is 1. The summed E-state index contributed by atoms with van der Waals surface area (Å²) in [6, 6.07) is 11.7. The van der Waals surface area contributed by atoms with Gasteiger partial charge < -0.3 is 19.5 Å². The van der Waals surface area contributed by atoms with Gasteiger partial charge in [-0.25, -0.2) is 0 Å². The van der Waals surface area contributed by atoms with Crippen molar-refractivity contribution in [2.45, 2.75) is 39.4 Å². The Morgan fingerprint density at radius 1 is 1.22 bits per heavy atom. The number of ether oxygens (including phenoxy) is 1. The Kier molecular flexibility index (Phi) is 6.50. The number of nitrogens with one attached hydrogen (secondary N) is 1. The first-order valence-corrected chi connectivity index (χ1v) is 11.1. The standard InChI is InChI=1S/C24H27N5O2S/c1-4-31-21(30)15-29-23(22(27-24(29)32)20-9-5-6-11-26-20)19-12-16(2)28(17(19)3)14-18-8-7-10-25-13-18/h5-13,22-23H,4,14-15H2,1-3H3,(H,27,32)/t22-,23-/m1/s1. The third-order valence-electron chi connectivity index (χ3n) is 5.80. The van der Waals surface area contributed by atoms with Crippen molar-refractivity contribution in [1.29, 1.82) is 0 Å². The molecule has 0 saturated carbocycles. The molecule has 1 aliphatic heterocycles. The molecular formula is C24H27N5O2S. The molecular weight excluding hydrogens is 422 g/mol. The summed E-state index contributed by atoms with van der Waals surface area (Å²) in [5.41, 5.74) is 5.38. The molecule has 166 valence electrons. The quantitative estimate of drug-likeness (QED) is 0.437. The minimum Gasteiger partial charge on any atom is -0.465 e. The number of aromatic nitrogens is 3. The number of rotatable bonds is 7. The highest BCUT2D eigenvalue weighted by atomic mass is 32.1. The lowest BCUT2D eigenvalue weighted by Crippen LogP contribution is -2.35. The van der Waals surface area contributed by atoms with Crippen LogP contribution in [0.15, 0.2) is 55.0 Å². The number of hydrogen-bond acceptors (Lipinski definition) is 5. The molecule has 4 heterocycles. The minimum absolute atomic E-state index is 0.0833. The van der Waals surface area contributed by atoms with Crippen LogP contribution in [0.4, 0.5) is 0 Å². The van der Waals surface area contributed by atoms with Crippen LogP contribution in [0.3, 0.4) is 0 Å².